The maximum atomic E-state index is 13.1. The van der Waals surface area contributed by atoms with Gasteiger partial charge in [0.2, 0.25) is 0 Å². The zero-order valence-electron chi connectivity index (χ0n) is 16.5. The normalized spacial score (nSPS) is 19.5. The van der Waals surface area contributed by atoms with Crippen molar-refractivity contribution in [2.75, 3.05) is 0 Å². The van der Waals surface area contributed by atoms with Crippen molar-refractivity contribution in [3.63, 3.8) is 0 Å². The first-order chi connectivity index (χ1) is 14.2. The Morgan fingerprint density at radius 2 is 2.07 bits per heavy atom. The lowest BCUT2D eigenvalue weighted by molar-refractivity contribution is -0.140. The number of hydrogen-bond donors (Lipinski definition) is 3. The molecule has 1 saturated carbocycles. The molecule has 1 aliphatic rings. The highest BCUT2D eigenvalue weighted by atomic mass is 19.4. The summed E-state index contributed by atoms with van der Waals surface area (Å²) in [6, 6.07) is 3.58. The molecule has 0 unspecified atom stereocenters. The van der Waals surface area contributed by atoms with Gasteiger partial charge in [-0.1, -0.05) is 0 Å². The fourth-order valence-corrected chi connectivity index (χ4v) is 3.88. The topological polar surface area (TPSA) is 95.7 Å². The Morgan fingerprint density at radius 3 is 2.80 bits per heavy atom. The van der Waals surface area contributed by atoms with Crippen molar-refractivity contribution in [3.05, 3.63) is 35.8 Å². The summed E-state index contributed by atoms with van der Waals surface area (Å²) >= 11 is 0. The van der Waals surface area contributed by atoms with Crippen molar-refractivity contribution < 1.29 is 22.7 Å². The van der Waals surface area contributed by atoms with E-state index in [-0.39, 0.29) is 23.6 Å². The van der Waals surface area contributed by atoms with E-state index in [1.54, 1.807) is 12.3 Å². The van der Waals surface area contributed by atoms with E-state index in [0.29, 0.717) is 17.8 Å². The van der Waals surface area contributed by atoms with E-state index in [0.717, 1.165) is 30.0 Å². The molecule has 7 nitrogen and oxygen atoms in total. The fraction of sp³-hybridized carbons (Fsp3) is 0.450. The molecule has 4 rings (SSSR count). The molecule has 1 amide bonds. The number of carbonyl (C=O) groups is 1. The summed E-state index contributed by atoms with van der Waals surface area (Å²) in [7, 11) is 0. The number of hydrogen-bond acceptors (Lipinski definition) is 4. The predicted octanol–water partition coefficient (Wildman–Crippen LogP) is 4.74. The SMILES string of the molecule is CC(C)NC(=O)O[C@@H]1CC[C@H](c2cnc3[nH]c(-c4cn[nH]c4C(F)(F)F)cc3c2)C1. The van der Waals surface area contributed by atoms with Gasteiger partial charge in [0, 0.05) is 23.2 Å². The molecular weight excluding hydrogens is 399 g/mol. The molecule has 3 N–H and O–H groups in total. The summed E-state index contributed by atoms with van der Waals surface area (Å²) in [6.45, 7) is 3.73. The number of aromatic amines is 2. The van der Waals surface area contributed by atoms with Crippen molar-refractivity contribution in [2.24, 2.45) is 0 Å². The van der Waals surface area contributed by atoms with E-state index in [2.05, 4.69) is 20.4 Å². The maximum absolute atomic E-state index is 13.1. The lowest BCUT2D eigenvalue weighted by Gasteiger charge is -2.15. The van der Waals surface area contributed by atoms with Gasteiger partial charge in [-0.15, -0.1) is 0 Å². The number of ether oxygens (including phenoxy) is 1. The summed E-state index contributed by atoms with van der Waals surface area (Å²) in [6.07, 6.45) is 0.0740. The van der Waals surface area contributed by atoms with Crippen LogP contribution in [0.4, 0.5) is 18.0 Å². The maximum Gasteiger partial charge on any atom is 0.433 e. The van der Waals surface area contributed by atoms with Gasteiger partial charge in [0.05, 0.1) is 11.9 Å². The van der Waals surface area contributed by atoms with E-state index in [1.165, 1.54) is 0 Å². The molecule has 0 radical (unpaired) electrons. The van der Waals surface area contributed by atoms with Gasteiger partial charge < -0.3 is 15.0 Å². The minimum Gasteiger partial charge on any atom is -0.446 e. The number of fused-ring (bicyclic) bond motifs is 1. The number of nitrogens with one attached hydrogen (secondary N) is 3. The van der Waals surface area contributed by atoms with E-state index < -0.39 is 18.0 Å². The highest BCUT2D eigenvalue weighted by Crippen LogP contribution is 2.38. The molecule has 1 aliphatic carbocycles. The Labute approximate surface area is 170 Å². The lowest BCUT2D eigenvalue weighted by atomic mass is 9.98. The smallest absolute Gasteiger partial charge is 0.433 e. The highest BCUT2D eigenvalue weighted by molar-refractivity contribution is 5.84. The van der Waals surface area contributed by atoms with Crippen molar-refractivity contribution in [1.29, 1.82) is 0 Å². The fourth-order valence-electron chi connectivity index (χ4n) is 3.88. The predicted molar refractivity (Wildman–Crippen MR) is 104 cm³/mol. The highest BCUT2D eigenvalue weighted by Gasteiger charge is 2.36. The van der Waals surface area contributed by atoms with Gasteiger partial charge in [-0.3, -0.25) is 5.10 Å². The van der Waals surface area contributed by atoms with Crippen molar-refractivity contribution >= 4 is 17.1 Å². The Bertz CT molecular complexity index is 1060. The monoisotopic (exact) mass is 421 g/mol. The van der Waals surface area contributed by atoms with E-state index >= 15 is 0 Å². The van der Waals surface area contributed by atoms with E-state index in [9.17, 15) is 18.0 Å². The van der Waals surface area contributed by atoms with Crippen LogP contribution in [0.3, 0.4) is 0 Å². The minimum atomic E-state index is -4.53. The van der Waals surface area contributed by atoms with Crippen LogP contribution in [-0.4, -0.2) is 38.4 Å². The third-order valence-electron chi connectivity index (χ3n) is 5.24. The molecule has 0 spiro atoms. The van der Waals surface area contributed by atoms with Gasteiger partial charge in [0.15, 0.2) is 0 Å². The minimum absolute atomic E-state index is 0.0113. The van der Waals surface area contributed by atoms with Crippen LogP contribution in [0.1, 0.15) is 50.3 Å². The molecule has 2 atom stereocenters. The Kier molecular flexibility index (Phi) is 5.17. The molecular formula is C20H22F3N5O2. The molecule has 160 valence electrons. The van der Waals surface area contributed by atoms with Crippen molar-refractivity contribution in [1.82, 2.24) is 25.5 Å². The number of halogens is 3. The second kappa shape index (κ2) is 7.66. The molecule has 10 heteroatoms. The Balaban J connectivity index is 1.51. The summed E-state index contributed by atoms with van der Waals surface area (Å²) < 4.78 is 44.9. The molecule has 3 aromatic rings. The summed E-state index contributed by atoms with van der Waals surface area (Å²) in [4.78, 5) is 19.1. The Hall–Kier alpha value is -3.04. The second-order valence-corrected chi connectivity index (χ2v) is 7.88. The third kappa shape index (κ3) is 4.12. The first-order valence-corrected chi connectivity index (χ1v) is 9.77. The number of nitrogens with zero attached hydrogens (tertiary/aromatic N) is 2. The zero-order valence-corrected chi connectivity index (χ0v) is 16.5. The number of rotatable bonds is 4. The van der Waals surface area contributed by atoms with Gasteiger partial charge in [0.25, 0.3) is 0 Å². The van der Waals surface area contributed by atoms with Crippen LogP contribution in [0, 0.1) is 0 Å². The number of pyridine rings is 1. The molecule has 3 aromatic heterocycles. The third-order valence-corrected chi connectivity index (χ3v) is 5.24. The van der Waals surface area contributed by atoms with Gasteiger partial charge >= 0.3 is 12.3 Å². The number of amides is 1. The number of carbonyl (C=O) groups excluding carboxylic acids is 1. The molecule has 0 aromatic carbocycles. The Morgan fingerprint density at radius 1 is 1.27 bits per heavy atom. The first-order valence-electron chi connectivity index (χ1n) is 9.77. The van der Waals surface area contributed by atoms with Crippen LogP contribution >= 0.6 is 0 Å². The van der Waals surface area contributed by atoms with Gasteiger partial charge in [-0.2, -0.15) is 18.3 Å². The quantitative estimate of drug-likeness (QED) is 0.567. The standard InChI is InChI=1S/C20H22F3N5O2/c1-10(2)26-19(29)30-14-4-3-11(6-14)13-5-12-7-16(27-18(12)24-8-13)15-9-25-28-17(15)20(21,22)23/h5,7-11,14H,3-4,6H2,1-2H3,(H,24,27)(H,25,28)(H,26,29)/t11-,14+/m0/s1. The zero-order chi connectivity index (χ0) is 21.5. The lowest BCUT2D eigenvalue weighted by Crippen LogP contribution is -2.33. The van der Waals surface area contributed by atoms with Gasteiger partial charge in [0.1, 0.15) is 17.4 Å². The van der Waals surface area contributed by atoms with Crippen molar-refractivity contribution in [3.8, 4) is 11.3 Å². The van der Waals surface area contributed by atoms with Gasteiger partial charge in [-0.25, -0.2) is 9.78 Å². The average molecular weight is 421 g/mol. The molecule has 30 heavy (non-hydrogen) atoms. The van der Waals surface area contributed by atoms with Crippen LogP contribution in [0.15, 0.2) is 24.5 Å². The van der Waals surface area contributed by atoms with E-state index in [1.807, 2.05) is 25.0 Å². The van der Waals surface area contributed by atoms with Crippen LogP contribution in [-0.2, 0) is 10.9 Å². The van der Waals surface area contributed by atoms with Crippen LogP contribution in [0.25, 0.3) is 22.3 Å². The van der Waals surface area contributed by atoms with Crippen LogP contribution in [0.5, 0.6) is 0 Å². The van der Waals surface area contributed by atoms with Crippen LogP contribution in [0.2, 0.25) is 0 Å². The molecule has 0 aliphatic heterocycles. The number of aromatic nitrogens is 4. The molecule has 0 bridgehead atoms. The summed E-state index contributed by atoms with van der Waals surface area (Å²) in [5, 5.41) is 8.98. The largest absolute Gasteiger partial charge is 0.446 e. The number of alkyl carbamates (subject to hydrolysis) is 1. The van der Waals surface area contributed by atoms with Crippen LogP contribution < -0.4 is 5.32 Å². The second-order valence-electron chi connectivity index (χ2n) is 7.88. The molecule has 0 saturated heterocycles. The molecule has 3 heterocycles. The summed E-state index contributed by atoms with van der Waals surface area (Å²) in [5.41, 5.74) is 0.836. The van der Waals surface area contributed by atoms with Gasteiger partial charge in [-0.05, 0) is 56.7 Å². The number of H-pyrrole nitrogens is 2. The molecule has 1 fully saturated rings. The average Bonchev–Trinajstić information content (AvgIpc) is 3.38. The first kappa shape index (κ1) is 20.2. The van der Waals surface area contributed by atoms with E-state index in [4.69, 9.17) is 4.74 Å². The number of alkyl halides is 3. The summed E-state index contributed by atoms with van der Waals surface area (Å²) in [5.74, 6) is 0.178. The van der Waals surface area contributed by atoms with Crippen molar-refractivity contribution in [2.45, 2.75) is 57.3 Å².